The van der Waals surface area contributed by atoms with E-state index in [4.69, 9.17) is 5.73 Å². The molecule has 1 unspecified atom stereocenters. The fourth-order valence-corrected chi connectivity index (χ4v) is 1.95. The van der Waals surface area contributed by atoms with Crippen LogP contribution in [0, 0.1) is 12.7 Å². The zero-order chi connectivity index (χ0) is 12.4. The van der Waals surface area contributed by atoms with Crippen LogP contribution in [0.25, 0.3) is 0 Å². The highest BCUT2D eigenvalue weighted by atomic mass is 19.1. The van der Waals surface area contributed by atoms with E-state index in [1.807, 2.05) is 18.5 Å². The second kappa shape index (κ2) is 4.67. The number of aromatic nitrogens is 2. The fourth-order valence-electron chi connectivity index (χ4n) is 1.95. The molecule has 90 valence electrons. The van der Waals surface area contributed by atoms with Crippen molar-refractivity contribution in [1.29, 1.82) is 0 Å². The van der Waals surface area contributed by atoms with Crippen molar-refractivity contribution in [3.8, 4) is 0 Å². The van der Waals surface area contributed by atoms with Gasteiger partial charge in [-0.2, -0.15) is 0 Å². The van der Waals surface area contributed by atoms with Crippen LogP contribution in [0.2, 0.25) is 0 Å². The lowest BCUT2D eigenvalue weighted by Crippen LogP contribution is -2.17. The van der Waals surface area contributed by atoms with Crippen LogP contribution in [0.4, 0.5) is 4.39 Å². The molecular weight excluding hydrogens is 217 g/mol. The topological polar surface area (TPSA) is 43.8 Å². The number of imidazole rings is 1. The Kier molecular flexibility index (Phi) is 3.24. The van der Waals surface area contributed by atoms with Gasteiger partial charge in [-0.3, -0.25) is 0 Å². The Labute approximate surface area is 100 Å². The Morgan fingerprint density at radius 3 is 2.82 bits per heavy atom. The summed E-state index contributed by atoms with van der Waals surface area (Å²) in [6.45, 7) is 1.90. The normalized spacial score (nSPS) is 12.7. The summed E-state index contributed by atoms with van der Waals surface area (Å²) in [5.74, 6) is -0.208. The van der Waals surface area contributed by atoms with Crippen molar-refractivity contribution < 1.29 is 4.39 Å². The predicted octanol–water partition coefficient (Wildman–Crippen LogP) is 2.11. The molecular formula is C13H16FN3. The third-order valence-electron chi connectivity index (χ3n) is 2.98. The number of hydrogen-bond donors (Lipinski definition) is 1. The van der Waals surface area contributed by atoms with E-state index in [2.05, 4.69) is 4.98 Å². The maximum atomic E-state index is 13.0. The Hall–Kier alpha value is -1.68. The van der Waals surface area contributed by atoms with Gasteiger partial charge in [0.15, 0.2) is 0 Å². The van der Waals surface area contributed by atoms with Crippen LogP contribution in [0.3, 0.4) is 0 Å². The van der Waals surface area contributed by atoms with Crippen molar-refractivity contribution in [2.24, 2.45) is 12.8 Å². The van der Waals surface area contributed by atoms with Gasteiger partial charge in [0.25, 0.3) is 0 Å². The highest BCUT2D eigenvalue weighted by Crippen LogP contribution is 2.18. The van der Waals surface area contributed by atoms with Crippen LogP contribution in [0.5, 0.6) is 0 Å². The molecule has 1 aromatic heterocycles. The van der Waals surface area contributed by atoms with Crippen molar-refractivity contribution in [2.45, 2.75) is 19.4 Å². The van der Waals surface area contributed by atoms with Crippen LogP contribution in [0.15, 0.2) is 30.7 Å². The summed E-state index contributed by atoms with van der Waals surface area (Å²) in [4.78, 5) is 4.04. The third kappa shape index (κ3) is 2.53. The fraction of sp³-hybridized carbons (Fsp3) is 0.308. The van der Waals surface area contributed by atoms with Crippen molar-refractivity contribution in [2.75, 3.05) is 0 Å². The summed E-state index contributed by atoms with van der Waals surface area (Å²) in [7, 11) is 1.92. The molecule has 2 rings (SSSR count). The third-order valence-corrected chi connectivity index (χ3v) is 2.98. The van der Waals surface area contributed by atoms with Crippen molar-refractivity contribution in [3.05, 3.63) is 53.4 Å². The van der Waals surface area contributed by atoms with E-state index in [0.717, 1.165) is 16.8 Å². The molecule has 1 heterocycles. The number of nitrogens with zero attached hydrogens (tertiary/aromatic N) is 2. The first-order valence-electron chi connectivity index (χ1n) is 5.54. The first-order chi connectivity index (χ1) is 8.08. The van der Waals surface area contributed by atoms with E-state index in [1.165, 1.54) is 12.1 Å². The minimum atomic E-state index is -0.208. The van der Waals surface area contributed by atoms with Crippen LogP contribution in [0.1, 0.15) is 22.9 Å². The van der Waals surface area contributed by atoms with E-state index in [-0.39, 0.29) is 11.9 Å². The predicted molar refractivity (Wildman–Crippen MR) is 65.0 cm³/mol. The second-order valence-corrected chi connectivity index (χ2v) is 4.31. The average Bonchev–Trinajstić information content (AvgIpc) is 2.68. The van der Waals surface area contributed by atoms with Gasteiger partial charge in [-0.1, -0.05) is 6.07 Å². The number of aryl methyl sites for hydroxylation is 2. The maximum Gasteiger partial charge on any atom is 0.123 e. The zero-order valence-electron chi connectivity index (χ0n) is 10.0. The van der Waals surface area contributed by atoms with Gasteiger partial charge < -0.3 is 10.3 Å². The summed E-state index contributed by atoms with van der Waals surface area (Å²) < 4.78 is 14.9. The van der Waals surface area contributed by atoms with Gasteiger partial charge >= 0.3 is 0 Å². The highest BCUT2D eigenvalue weighted by molar-refractivity contribution is 5.28. The Balaban J connectivity index is 2.19. The molecule has 1 atom stereocenters. The second-order valence-electron chi connectivity index (χ2n) is 4.31. The molecule has 0 aliphatic rings. The minimum absolute atomic E-state index is 0.119. The lowest BCUT2D eigenvalue weighted by molar-refractivity contribution is 0.621. The molecule has 0 amide bonds. The number of halogens is 1. The Morgan fingerprint density at radius 2 is 2.24 bits per heavy atom. The van der Waals surface area contributed by atoms with Crippen LogP contribution < -0.4 is 5.73 Å². The molecule has 0 radical (unpaired) electrons. The maximum absolute atomic E-state index is 13.0. The molecule has 2 aromatic rings. The summed E-state index contributed by atoms with van der Waals surface area (Å²) in [5, 5.41) is 0. The van der Waals surface area contributed by atoms with Crippen molar-refractivity contribution >= 4 is 0 Å². The lowest BCUT2D eigenvalue weighted by atomic mass is 10.00. The van der Waals surface area contributed by atoms with Gasteiger partial charge in [-0.05, 0) is 36.6 Å². The summed E-state index contributed by atoms with van der Waals surface area (Å²) in [6.07, 6.45) is 4.18. The van der Waals surface area contributed by atoms with Crippen LogP contribution in [-0.4, -0.2) is 9.55 Å². The van der Waals surface area contributed by atoms with Gasteiger partial charge in [0.05, 0.1) is 18.1 Å². The minimum Gasteiger partial charge on any atom is -0.336 e. The summed E-state index contributed by atoms with van der Waals surface area (Å²) >= 11 is 0. The molecule has 17 heavy (non-hydrogen) atoms. The van der Waals surface area contributed by atoms with Gasteiger partial charge in [0, 0.05) is 13.2 Å². The smallest absolute Gasteiger partial charge is 0.123 e. The van der Waals surface area contributed by atoms with Crippen molar-refractivity contribution in [1.82, 2.24) is 9.55 Å². The van der Waals surface area contributed by atoms with E-state index < -0.39 is 0 Å². The number of rotatable bonds is 3. The molecule has 0 saturated heterocycles. The molecule has 4 heteroatoms. The molecule has 0 saturated carbocycles. The van der Waals surface area contributed by atoms with E-state index in [0.29, 0.717) is 6.42 Å². The number of hydrogen-bond acceptors (Lipinski definition) is 2. The summed E-state index contributed by atoms with van der Waals surface area (Å²) in [5.41, 5.74) is 9.11. The Bertz CT molecular complexity index is 519. The molecule has 0 aliphatic heterocycles. The van der Waals surface area contributed by atoms with Gasteiger partial charge in [-0.25, -0.2) is 9.37 Å². The van der Waals surface area contributed by atoms with Gasteiger partial charge in [-0.15, -0.1) is 0 Å². The van der Waals surface area contributed by atoms with Crippen LogP contribution in [-0.2, 0) is 13.5 Å². The summed E-state index contributed by atoms with van der Waals surface area (Å²) in [6, 6.07) is 4.68. The molecule has 0 aliphatic carbocycles. The quantitative estimate of drug-likeness (QED) is 0.882. The molecule has 0 spiro atoms. The largest absolute Gasteiger partial charge is 0.336 e. The monoisotopic (exact) mass is 233 g/mol. The highest BCUT2D eigenvalue weighted by Gasteiger charge is 2.12. The molecule has 1 aromatic carbocycles. The number of nitrogens with two attached hydrogens (primary N) is 1. The number of benzene rings is 1. The standard InChI is InChI=1S/C13H16FN3/c1-9-5-11(14)4-3-10(9)6-12(15)13-7-16-8-17(13)2/h3-5,7-8,12H,6,15H2,1-2H3. The van der Waals surface area contributed by atoms with Crippen molar-refractivity contribution in [3.63, 3.8) is 0 Å². The zero-order valence-corrected chi connectivity index (χ0v) is 10.0. The molecule has 3 nitrogen and oxygen atoms in total. The first kappa shape index (κ1) is 11.8. The molecule has 0 bridgehead atoms. The van der Waals surface area contributed by atoms with E-state index in [1.54, 1.807) is 18.6 Å². The average molecular weight is 233 g/mol. The molecule has 0 fully saturated rings. The van der Waals surface area contributed by atoms with Gasteiger partial charge in [0.2, 0.25) is 0 Å². The van der Waals surface area contributed by atoms with E-state index in [9.17, 15) is 4.39 Å². The molecule has 2 N–H and O–H groups in total. The van der Waals surface area contributed by atoms with Gasteiger partial charge in [0.1, 0.15) is 5.82 Å². The lowest BCUT2D eigenvalue weighted by Gasteiger charge is -2.14. The Morgan fingerprint density at radius 1 is 1.47 bits per heavy atom. The van der Waals surface area contributed by atoms with Crippen LogP contribution >= 0.6 is 0 Å². The first-order valence-corrected chi connectivity index (χ1v) is 5.54. The SMILES string of the molecule is Cc1cc(F)ccc1CC(N)c1cncn1C. The van der Waals surface area contributed by atoms with E-state index >= 15 is 0 Å².